The minimum absolute atomic E-state index is 0.286. The number of carbonyl (C=O) groups is 1. The molecule has 0 saturated heterocycles. The molecule has 1 heterocycles. The van der Waals surface area contributed by atoms with Crippen molar-refractivity contribution in [3.63, 3.8) is 0 Å². The number of hydrogen-bond acceptors (Lipinski definition) is 5. The van der Waals surface area contributed by atoms with Crippen LogP contribution in [0.15, 0.2) is 24.3 Å². The first-order valence-corrected chi connectivity index (χ1v) is 7.05. The Morgan fingerprint density at radius 2 is 2.29 bits per heavy atom. The molecule has 0 aromatic heterocycles. The number of nitro groups is 1. The second kappa shape index (κ2) is 5.02. The molecule has 1 aliphatic carbocycles. The molecule has 112 valence electrons. The van der Waals surface area contributed by atoms with Gasteiger partial charge < -0.3 is 9.47 Å². The minimum atomic E-state index is -0.934. The van der Waals surface area contributed by atoms with Gasteiger partial charge in [-0.2, -0.15) is 0 Å². The standard InChI is InChI=1S/C15H17NO5/c1-20-14(17)15-8-4-7-13(15)21-12-6-3-2-5-10(12)11(15)9-16(18)19/h2-3,5-6,11,13H,4,7-9H2,1H3/t11-,13-,15+/m1/s1. The number of esters is 1. The third-order valence-corrected chi connectivity index (χ3v) is 4.71. The minimum Gasteiger partial charge on any atom is -0.489 e. The summed E-state index contributed by atoms with van der Waals surface area (Å²) in [6.07, 6.45) is 1.75. The Morgan fingerprint density at radius 3 is 3.00 bits per heavy atom. The van der Waals surface area contributed by atoms with E-state index in [2.05, 4.69) is 0 Å². The van der Waals surface area contributed by atoms with Crippen molar-refractivity contribution >= 4 is 5.97 Å². The van der Waals surface area contributed by atoms with E-state index in [0.29, 0.717) is 12.2 Å². The van der Waals surface area contributed by atoms with Crippen LogP contribution < -0.4 is 4.74 Å². The molecule has 0 unspecified atom stereocenters. The lowest BCUT2D eigenvalue weighted by Crippen LogP contribution is -2.51. The molecule has 1 aliphatic heterocycles. The summed E-state index contributed by atoms with van der Waals surface area (Å²) in [6.45, 7) is -0.286. The maximum atomic E-state index is 12.4. The van der Waals surface area contributed by atoms with Gasteiger partial charge in [0.1, 0.15) is 17.3 Å². The van der Waals surface area contributed by atoms with Gasteiger partial charge in [-0.3, -0.25) is 14.9 Å². The molecular formula is C15H17NO5. The molecule has 0 spiro atoms. The van der Waals surface area contributed by atoms with Gasteiger partial charge in [0.15, 0.2) is 0 Å². The van der Waals surface area contributed by atoms with Crippen molar-refractivity contribution in [1.29, 1.82) is 0 Å². The Labute approximate surface area is 122 Å². The van der Waals surface area contributed by atoms with Crippen molar-refractivity contribution in [2.45, 2.75) is 31.3 Å². The Hall–Kier alpha value is -2.11. The van der Waals surface area contributed by atoms with Gasteiger partial charge in [0.05, 0.1) is 13.0 Å². The number of fused-ring (bicyclic) bond motifs is 2. The topological polar surface area (TPSA) is 78.7 Å². The van der Waals surface area contributed by atoms with Gasteiger partial charge in [-0.25, -0.2) is 0 Å². The molecule has 1 fully saturated rings. The van der Waals surface area contributed by atoms with E-state index in [1.165, 1.54) is 7.11 Å². The highest BCUT2D eigenvalue weighted by Gasteiger charge is 2.61. The van der Waals surface area contributed by atoms with Gasteiger partial charge >= 0.3 is 5.97 Å². The Bertz CT molecular complexity index is 587. The van der Waals surface area contributed by atoms with E-state index < -0.39 is 17.3 Å². The van der Waals surface area contributed by atoms with Gasteiger partial charge in [-0.05, 0) is 25.3 Å². The maximum absolute atomic E-state index is 12.4. The highest BCUT2D eigenvalue weighted by Crippen LogP contribution is 2.56. The predicted octanol–water partition coefficient (Wildman–Crippen LogP) is 2.15. The predicted molar refractivity (Wildman–Crippen MR) is 73.8 cm³/mol. The van der Waals surface area contributed by atoms with Crippen LogP contribution >= 0.6 is 0 Å². The van der Waals surface area contributed by atoms with E-state index in [1.807, 2.05) is 24.3 Å². The molecule has 0 radical (unpaired) electrons. The van der Waals surface area contributed by atoms with E-state index in [9.17, 15) is 14.9 Å². The maximum Gasteiger partial charge on any atom is 0.316 e. The lowest BCUT2D eigenvalue weighted by atomic mass is 9.67. The molecule has 21 heavy (non-hydrogen) atoms. The van der Waals surface area contributed by atoms with E-state index in [0.717, 1.165) is 18.4 Å². The fourth-order valence-electron chi connectivity index (χ4n) is 3.84. The summed E-state index contributed by atoms with van der Waals surface area (Å²) in [5.74, 6) is -0.250. The fourth-order valence-corrected chi connectivity index (χ4v) is 3.84. The summed E-state index contributed by atoms with van der Waals surface area (Å²) in [6, 6.07) is 7.27. The summed E-state index contributed by atoms with van der Waals surface area (Å²) >= 11 is 0. The van der Waals surface area contributed by atoms with Crippen molar-refractivity contribution in [3.8, 4) is 5.75 Å². The molecule has 2 aliphatic rings. The zero-order chi connectivity index (χ0) is 15.0. The number of nitrogens with zero attached hydrogens (tertiary/aromatic N) is 1. The summed E-state index contributed by atoms with van der Waals surface area (Å²) < 4.78 is 11.0. The van der Waals surface area contributed by atoms with E-state index >= 15 is 0 Å². The van der Waals surface area contributed by atoms with Crippen LogP contribution in [0.5, 0.6) is 5.75 Å². The van der Waals surface area contributed by atoms with E-state index in [4.69, 9.17) is 9.47 Å². The van der Waals surface area contributed by atoms with Crippen molar-refractivity contribution in [2.24, 2.45) is 5.41 Å². The number of hydrogen-bond donors (Lipinski definition) is 0. The molecule has 0 amide bonds. The normalized spacial score (nSPS) is 30.0. The average Bonchev–Trinajstić information content (AvgIpc) is 2.90. The second-order valence-electron chi connectivity index (χ2n) is 5.64. The SMILES string of the molecule is COC(=O)[C@]12CCC[C@H]1Oc1ccccc1[C@H]2C[N+](=O)[O-]. The summed E-state index contributed by atoms with van der Waals surface area (Å²) in [4.78, 5) is 23.2. The molecule has 6 heteroatoms. The van der Waals surface area contributed by atoms with Crippen LogP contribution in [0, 0.1) is 15.5 Å². The third kappa shape index (κ3) is 1.97. The molecule has 3 atom stereocenters. The highest BCUT2D eigenvalue weighted by molar-refractivity contribution is 5.80. The first-order valence-electron chi connectivity index (χ1n) is 7.05. The number of methoxy groups -OCH3 is 1. The molecular weight excluding hydrogens is 274 g/mol. The van der Waals surface area contributed by atoms with Gasteiger partial charge in [-0.15, -0.1) is 0 Å². The second-order valence-corrected chi connectivity index (χ2v) is 5.64. The zero-order valence-corrected chi connectivity index (χ0v) is 11.8. The smallest absolute Gasteiger partial charge is 0.316 e. The molecule has 3 rings (SSSR count). The summed E-state index contributed by atoms with van der Waals surface area (Å²) in [7, 11) is 1.33. The van der Waals surface area contributed by atoms with Crippen molar-refractivity contribution in [2.75, 3.05) is 13.7 Å². The van der Waals surface area contributed by atoms with E-state index in [-0.39, 0.29) is 17.6 Å². The number of carbonyl (C=O) groups excluding carboxylic acids is 1. The molecule has 0 bridgehead atoms. The van der Waals surface area contributed by atoms with Gasteiger partial charge in [0.2, 0.25) is 6.54 Å². The van der Waals surface area contributed by atoms with Crippen LogP contribution in [0.2, 0.25) is 0 Å². The first-order chi connectivity index (χ1) is 10.1. The fraction of sp³-hybridized carbons (Fsp3) is 0.533. The average molecular weight is 291 g/mol. The number of rotatable bonds is 3. The van der Waals surface area contributed by atoms with Crippen molar-refractivity contribution in [1.82, 2.24) is 0 Å². The third-order valence-electron chi connectivity index (χ3n) is 4.71. The molecule has 1 aromatic rings. The van der Waals surface area contributed by atoms with Gasteiger partial charge in [0.25, 0.3) is 0 Å². The van der Waals surface area contributed by atoms with Crippen molar-refractivity contribution in [3.05, 3.63) is 39.9 Å². The monoisotopic (exact) mass is 291 g/mol. The summed E-state index contributed by atoms with van der Waals surface area (Å²) in [5, 5.41) is 11.1. The Morgan fingerprint density at radius 1 is 1.52 bits per heavy atom. The van der Waals surface area contributed by atoms with Crippen LogP contribution in [-0.4, -0.2) is 30.7 Å². The number of ether oxygens (including phenoxy) is 2. The highest BCUT2D eigenvalue weighted by atomic mass is 16.6. The van der Waals surface area contributed by atoms with Crippen LogP contribution in [0.25, 0.3) is 0 Å². The lowest BCUT2D eigenvalue weighted by Gasteiger charge is -2.42. The Balaban J connectivity index is 2.14. The Kier molecular flexibility index (Phi) is 3.31. The summed E-state index contributed by atoms with van der Waals surface area (Å²) in [5.41, 5.74) is -0.200. The van der Waals surface area contributed by atoms with Crippen LogP contribution in [0.4, 0.5) is 0 Å². The number of benzene rings is 1. The number of para-hydroxylation sites is 1. The molecule has 1 saturated carbocycles. The molecule has 0 N–H and O–H groups in total. The van der Waals surface area contributed by atoms with Crippen LogP contribution in [0.1, 0.15) is 30.7 Å². The molecule has 6 nitrogen and oxygen atoms in total. The zero-order valence-electron chi connectivity index (χ0n) is 11.8. The van der Waals surface area contributed by atoms with Crippen LogP contribution in [0.3, 0.4) is 0 Å². The lowest BCUT2D eigenvalue weighted by molar-refractivity contribution is -0.487. The largest absolute Gasteiger partial charge is 0.489 e. The molecule has 1 aromatic carbocycles. The quantitative estimate of drug-likeness (QED) is 0.484. The van der Waals surface area contributed by atoms with E-state index in [1.54, 1.807) is 0 Å². The van der Waals surface area contributed by atoms with Crippen LogP contribution in [-0.2, 0) is 9.53 Å². The van der Waals surface area contributed by atoms with Gasteiger partial charge in [-0.1, -0.05) is 18.2 Å². The van der Waals surface area contributed by atoms with Crippen molar-refractivity contribution < 1.29 is 19.2 Å². The first kappa shape index (κ1) is 13.9. The van der Waals surface area contributed by atoms with Gasteiger partial charge in [0, 0.05) is 10.5 Å².